The van der Waals surface area contributed by atoms with Gasteiger partial charge in [0.15, 0.2) is 9.84 Å². The van der Waals surface area contributed by atoms with Crippen LogP contribution in [0.1, 0.15) is 76.3 Å². The van der Waals surface area contributed by atoms with Gasteiger partial charge in [-0.3, -0.25) is 19.2 Å². The number of piperidine rings is 1. The van der Waals surface area contributed by atoms with Crippen molar-refractivity contribution in [3.63, 3.8) is 0 Å². The lowest BCUT2D eigenvalue weighted by Crippen LogP contribution is -2.59. The Labute approximate surface area is 336 Å². The van der Waals surface area contributed by atoms with Gasteiger partial charge in [0.2, 0.25) is 23.6 Å². The molecule has 314 valence electrons. The van der Waals surface area contributed by atoms with Crippen LogP contribution in [-0.2, 0) is 46.6 Å². The van der Waals surface area contributed by atoms with E-state index in [1.165, 1.54) is 0 Å². The van der Waals surface area contributed by atoms with E-state index in [1.807, 2.05) is 74.5 Å². The van der Waals surface area contributed by atoms with Crippen molar-refractivity contribution in [1.29, 1.82) is 0 Å². The molecule has 4 rings (SSSR count). The molecule has 2 aliphatic rings. The zero-order chi connectivity index (χ0) is 41.4. The van der Waals surface area contributed by atoms with Crippen molar-refractivity contribution >= 4 is 39.6 Å². The SMILES string of the molecule is CC(C)C[C@@H](NC(=O)[C@@H](Cc1ccccc1)NC(=O)[C@H](N)Cc1ccccc1)C(=O)N[C@H](CCCCN)C(=O)N1CCC(NC(=O)OC2CCS(=O)(=O)CC2)CC1. The molecule has 57 heavy (non-hydrogen) atoms. The molecular weight excluding hydrogens is 751 g/mol. The van der Waals surface area contributed by atoms with Crippen molar-refractivity contribution in [3.05, 3.63) is 71.8 Å². The summed E-state index contributed by atoms with van der Waals surface area (Å²) in [5, 5.41) is 11.5. The molecule has 0 aromatic heterocycles. The number of alkyl carbamates (subject to hydrolysis) is 1. The first-order valence-corrected chi connectivity index (χ1v) is 22.0. The van der Waals surface area contributed by atoms with E-state index in [0.717, 1.165) is 11.1 Å². The molecule has 2 saturated heterocycles. The maximum atomic E-state index is 14.0. The van der Waals surface area contributed by atoms with Crippen LogP contribution in [0.25, 0.3) is 0 Å². The molecule has 5 amide bonds. The number of carbonyl (C=O) groups is 5. The first kappa shape index (κ1) is 45.2. The summed E-state index contributed by atoms with van der Waals surface area (Å²) in [4.78, 5) is 69.5. The molecule has 0 unspecified atom stereocenters. The van der Waals surface area contributed by atoms with E-state index in [2.05, 4.69) is 21.3 Å². The Hall–Kier alpha value is -4.54. The van der Waals surface area contributed by atoms with E-state index < -0.39 is 63.9 Å². The fourth-order valence-corrected chi connectivity index (χ4v) is 8.55. The van der Waals surface area contributed by atoms with Crippen molar-refractivity contribution < 1.29 is 37.1 Å². The van der Waals surface area contributed by atoms with Gasteiger partial charge in [-0.2, -0.15) is 0 Å². The van der Waals surface area contributed by atoms with Crippen LogP contribution in [0, 0.1) is 5.92 Å². The Morgan fingerprint density at radius 2 is 1.30 bits per heavy atom. The third kappa shape index (κ3) is 15.4. The zero-order valence-corrected chi connectivity index (χ0v) is 34.0. The number of hydrogen-bond acceptors (Lipinski definition) is 10. The lowest BCUT2D eigenvalue weighted by Gasteiger charge is -2.35. The third-order valence-corrected chi connectivity index (χ3v) is 12.1. The van der Waals surface area contributed by atoms with E-state index in [0.29, 0.717) is 51.7 Å². The molecule has 0 radical (unpaired) electrons. The van der Waals surface area contributed by atoms with Gasteiger partial charge in [-0.05, 0) is 81.4 Å². The number of rotatable bonds is 19. The minimum absolute atomic E-state index is 0.00160. The summed E-state index contributed by atoms with van der Waals surface area (Å²) in [6, 6.07) is 14.5. The summed E-state index contributed by atoms with van der Waals surface area (Å²) in [5.41, 5.74) is 13.7. The molecule has 2 aromatic carbocycles. The van der Waals surface area contributed by atoms with Crippen molar-refractivity contribution in [3.8, 4) is 0 Å². The number of benzene rings is 2. The number of hydrogen-bond donors (Lipinski definition) is 6. The van der Waals surface area contributed by atoms with Gasteiger partial charge < -0.3 is 42.4 Å². The van der Waals surface area contributed by atoms with Gasteiger partial charge in [-0.1, -0.05) is 74.5 Å². The summed E-state index contributed by atoms with van der Waals surface area (Å²) in [7, 11) is -3.08. The monoisotopic (exact) mass is 811 g/mol. The van der Waals surface area contributed by atoms with Crippen molar-refractivity contribution in [1.82, 2.24) is 26.2 Å². The maximum Gasteiger partial charge on any atom is 0.407 e. The number of sulfone groups is 1. The number of amides is 5. The summed E-state index contributed by atoms with van der Waals surface area (Å²) in [6.45, 7) is 4.96. The first-order valence-electron chi connectivity index (χ1n) is 20.1. The van der Waals surface area contributed by atoms with Crippen LogP contribution < -0.4 is 32.7 Å². The summed E-state index contributed by atoms with van der Waals surface area (Å²) in [6.07, 6.45) is 2.76. The van der Waals surface area contributed by atoms with Crippen molar-refractivity contribution in [2.45, 2.75) is 114 Å². The standard InChI is InChI=1S/C41H61N7O8S/c1-28(2)25-35(47-39(51)36(27-30-13-7-4-8-14-30)46-37(49)33(43)26-29-11-5-3-6-12-29)38(50)45-34(15-9-10-20-42)40(52)48-21-16-31(17-22-48)44-41(53)56-32-18-23-57(54,55)24-19-32/h3-8,11-14,28,31-36H,9-10,15-27,42-43H2,1-2H3,(H,44,53)(H,45,50)(H,46,49)(H,47,51)/t33-,34-,35-,36-/m1/s1. The molecule has 0 bridgehead atoms. The second-order valence-corrected chi connectivity index (χ2v) is 17.9. The zero-order valence-electron chi connectivity index (χ0n) is 33.2. The Morgan fingerprint density at radius 3 is 1.88 bits per heavy atom. The summed E-state index contributed by atoms with van der Waals surface area (Å²) >= 11 is 0. The summed E-state index contributed by atoms with van der Waals surface area (Å²) < 4.78 is 28.9. The van der Waals surface area contributed by atoms with Crippen LogP contribution in [0.3, 0.4) is 0 Å². The predicted octanol–water partition coefficient (Wildman–Crippen LogP) is 1.72. The number of carbonyl (C=O) groups excluding carboxylic acids is 5. The van der Waals surface area contributed by atoms with Crippen molar-refractivity contribution in [2.24, 2.45) is 17.4 Å². The molecule has 4 atom stereocenters. The Kier molecular flexibility index (Phi) is 17.8. The normalized spacial score (nSPS) is 18.1. The van der Waals surface area contributed by atoms with E-state index in [1.54, 1.807) is 4.90 Å². The number of ether oxygens (including phenoxy) is 1. The largest absolute Gasteiger partial charge is 0.446 e. The lowest BCUT2D eigenvalue weighted by molar-refractivity contribution is -0.138. The minimum atomic E-state index is -3.08. The molecule has 2 aromatic rings. The number of nitrogens with two attached hydrogens (primary N) is 2. The second-order valence-electron chi connectivity index (χ2n) is 15.6. The van der Waals surface area contributed by atoms with Gasteiger partial charge in [0.05, 0.1) is 17.5 Å². The molecule has 15 nitrogen and oxygen atoms in total. The molecule has 2 heterocycles. The Bertz CT molecular complexity index is 1710. The molecule has 0 saturated carbocycles. The number of nitrogens with one attached hydrogen (secondary N) is 4. The van der Waals surface area contributed by atoms with Crippen LogP contribution in [0.5, 0.6) is 0 Å². The van der Waals surface area contributed by atoms with Crippen LogP contribution >= 0.6 is 0 Å². The van der Waals surface area contributed by atoms with Gasteiger partial charge in [-0.15, -0.1) is 0 Å². The average Bonchev–Trinajstić information content (AvgIpc) is 3.18. The average molecular weight is 812 g/mol. The first-order chi connectivity index (χ1) is 27.2. The van der Waals surface area contributed by atoms with Crippen LogP contribution in [0.15, 0.2) is 60.7 Å². The van der Waals surface area contributed by atoms with Gasteiger partial charge >= 0.3 is 6.09 Å². The number of unbranched alkanes of at least 4 members (excludes halogenated alkanes) is 1. The van der Waals surface area contributed by atoms with E-state index in [4.69, 9.17) is 16.2 Å². The van der Waals surface area contributed by atoms with Crippen molar-refractivity contribution in [2.75, 3.05) is 31.1 Å². The fourth-order valence-electron chi connectivity index (χ4n) is 7.10. The molecule has 0 spiro atoms. The smallest absolute Gasteiger partial charge is 0.407 e. The topological polar surface area (TPSA) is 232 Å². The highest BCUT2D eigenvalue weighted by Crippen LogP contribution is 2.18. The molecule has 0 aliphatic carbocycles. The quantitative estimate of drug-likeness (QED) is 0.113. The fraction of sp³-hybridized carbons (Fsp3) is 0.585. The molecule has 16 heteroatoms. The highest BCUT2D eigenvalue weighted by atomic mass is 32.2. The highest BCUT2D eigenvalue weighted by Gasteiger charge is 2.34. The Morgan fingerprint density at radius 1 is 0.754 bits per heavy atom. The minimum Gasteiger partial charge on any atom is -0.446 e. The molecule has 2 fully saturated rings. The maximum absolute atomic E-state index is 14.0. The number of nitrogens with zero attached hydrogens (tertiary/aromatic N) is 1. The number of likely N-dealkylation sites (tertiary alicyclic amines) is 1. The second kappa shape index (κ2) is 22.4. The third-order valence-electron chi connectivity index (χ3n) is 10.4. The lowest BCUT2D eigenvalue weighted by atomic mass is 9.99. The van der Waals surface area contributed by atoms with E-state index >= 15 is 0 Å². The van der Waals surface area contributed by atoms with Crippen LogP contribution in [0.2, 0.25) is 0 Å². The van der Waals surface area contributed by atoms with Crippen LogP contribution in [0.4, 0.5) is 4.79 Å². The molecule has 2 aliphatic heterocycles. The Balaban J connectivity index is 1.39. The van der Waals surface area contributed by atoms with Gasteiger partial charge in [0.25, 0.3) is 0 Å². The summed E-state index contributed by atoms with van der Waals surface area (Å²) in [5.74, 6) is -1.83. The van der Waals surface area contributed by atoms with E-state index in [9.17, 15) is 32.4 Å². The molecular formula is C41H61N7O8S. The van der Waals surface area contributed by atoms with Crippen LogP contribution in [-0.4, -0.2) is 110 Å². The predicted molar refractivity (Wildman–Crippen MR) is 217 cm³/mol. The van der Waals surface area contributed by atoms with E-state index in [-0.39, 0.29) is 61.5 Å². The van der Waals surface area contributed by atoms with Gasteiger partial charge in [0.1, 0.15) is 24.2 Å². The van der Waals surface area contributed by atoms with Gasteiger partial charge in [-0.25, -0.2) is 13.2 Å². The highest BCUT2D eigenvalue weighted by molar-refractivity contribution is 7.91. The molecule has 8 N–H and O–H groups in total. The van der Waals surface area contributed by atoms with Gasteiger partial charge in [0, 0.05) is 25.6 Å².